The maximum Gasteiger partial charge on any atom is 0.338 e. The summed E-state index contributed by atoms with van der Waals surface area (Å²) in [5.74, 6) is -2.57. The zero-order valence-corrected chi connectivity index (χ0v) is 11.6. The molecule has 0 spiro atoms. The molecule has 0 aliphatic carbocycles. The molecule has 2 aromatic rings. The van der Waals surface area contributed by atoms with E-state index in [9.17, 15) is 19.3 Å². The number of carboxylic acids is 1. The van der Waals surface area contributed by atoms with Crippen molar-refractivity contribution in [3.05, 3.63) is 50.2 Å². The molecule has 0 fully saturated rings. The molecular formula is C12H10FN3O4S. The monoisotopic (exact) mass is 311 g/mol. The van der Waals surface area contributed by atoms with Crippen molar-refractivity contribution in [3.63, 3.8) is 0 Å². The Morgan fingerprint density at radius 2 is 2.29 bits per heavy atom. The number of nitrogens with zero attached hydrogens (tertiary/aromatic N) is 3. The number of halogens is 1. The molecule has 110 valence electrons. The van der Waals surface area contributed by atoms with Gasteiger partial charge in [0.25, 0.3) is 5.69 Å². The molecule has 0 aliphatic rings. The van der Waals surface area contributed by atoms with Crippen LogP contribution >= 0.6 is 11.3 Å². The molecule has 0 aliphatic heterocycles. The number of anilines is 1. The van der Waals surface area contributed by atoms with Gasteiger partial charge in [-0.05, 0) is 0 Å². The van der Waals surface area contributed by atoms with Gasteiger partial charge < -0.3 is 10.0 Å². The Kier molecular flexibility index (Phi) is 4.13. The Morgan fingerprint density at radius 1 is 1.57 bits per heavy atom. The van der Waals surface area contributed by atoms with Crippen molar-refractivity contribution in [1.82, 2.24) is 4.98 Å². The van der Waals surface area contributed by atoms with Crippen LogP contribution in [0.15, 0.2) is 23.0 Å². The lowest BCUT2D eigenvalue weighted by molar-refractivity contribution is -0.384. The summed E-state index contributed by atoms with van der Waals surface area (Å²) in [7, 11) is 1.54. The SMILES string of the molecule is CN(Cc1cscn1)c1cc(F)c(C(=O)O)cc1[N+](=O)[O-]. The van der Waals surface area contributed by atoms with Gasteiger partial charge in [0.15, 0.2) is 0 Å². The van der Waals surface area contributed by atoms with E-state index in [0.717, 1.165) is 12.1 Å². The van der Waals surface area contributed by atoms with Crippen LogP contribution in [0.5, 0.6) is 0 Å². The third-order valence-corrected chi connectivity index (χ3v) is 3.42. The second kappa shape index (κ2) is 5.83. The van der Waals surface area contributed by atoms with Crippen molar-refractivity contribution in [2.75, 3.05) is 11.9 Å². The number of carbonyl (C=O) groups is 1. The minimum atomic E-state index is -1.55. The quantitative estimate of drug-likeness (QED) is 0.673. The Labute approximate surface area is 122 Å². The van der Waals surface area contributed by atoms with Crippen molar-refractivity contribution in [2.24, 2.45) is 0 Å². The smallest absolute Gasteiger partial charge is 0.338 e. The number of benzene rings is 1. The van der Waals surface area contributed by atoms with Crippen LogP contribution in [-0.4, -0.2) is 28.0 Å². The van der Waals surface area contributed by atoms with E-state index >= 15 is 0 Å². The molecule has 1 heterocycles. The fourth-order valence-corrected chi connectivity index (χ4v) is 2.36. The highest BCUT2D eigenvalue weighted by Gasteiger charge is 2.24. The number of aromatic nitrogens is 1. The average molecular weight is 311 g/mol. The number of carboxylic acid groups (broad SMARTS) is 1. The third kappa shape index (κ3) is 3.14. The average Bonchev–Trinajstić information content (AvgIpc) is 2.90. The first-order chi connectivity index (χ1) is 9.90. The molecule has 0 saturated heterocycles. The maximum atomic E-state index is 13.7. The topological polar surface area (TPSA) is 96.6 Å². The van der Waals surface area contributed by atoms with Crippen molar-refractivity contribution in [2.45, 2.75) is 6.54 Å². The highest BCUT2D eigenvalue weighted by Crippen LogP contribution is 2.31. The van der Waals surface area contributed by atoms with Crippen LogP contribution in [0.3, 0.4) is 0 Å². The van der Waals surface area contributed by atoms with Crippen molar-refractivity contribution in [3.8, 4) is 0 Å². The highest BCUT2D eigenvalue weighted by atomic mass is 32.1. The van der Waals surface area contributed by atoms with E-state index < -0.39 is 28.0 Å². The number of hydrogen-bond donors (Lipinski definition) is 1. The molecule has 0 unspecified atom stereocenters. The number of rotatable bonds is 5. The molecular weight excluding hydrogens is 301 g/mol. The molecule has 0 amide bonds. The number of thiazole rings is 1. The van der Waals surface area contributed by atoms with Gasteiger partial charge in [-0.2, -0.15) is 0 Å². The van der Waals surface area contributed by atoms with E-state index in [4.69, 9.17) is 5.11 Å². The largest absolute Gasteiger partial charge is 0.478 e. The number of nitro groups is 1. The predicted molar refractivity (Wildman–Crippen MR) is 74.2 cm³/mol. The van der Waals surface area contributed by atoms with Crippen LogP contribution in [0, 0.1) is 15.9 Å². The van der Waals surface area contributed by atoms with E-state index in [0.29, 0.717) is 5.69 Å². The maximum absolute atomic E-state index is 13.7. The summed E-state index contributed by atoms with van der Waals surface area (Å²) in [4.78, 5) is 26.7. The van der Waals surface area contributed by atoms with Crippen LogP contribution < -0.4 is 4.90 Å². The first-order valence-corrected chi connectivity index (χ1v) is 6.64. The summed E-state index contributed by atoms with van der Waals surface area (Å²) < 4.78 is 13.7. The van der Waals surface area contributed by atoms with E-state index in [-0.39, 0.29) is 12.2 Å². The fraction of sp³-hybridized carbons (Fsp3) is 0.167. The Bertz CT molecular complexity index is 690. The Morgan fingerprint density at radius 3 is 2.81 bits per heavy atom. The summed E-state index contributed by atoms with van der Waals surface area (Å²) in [6.45, 7) is 0.246. The zero-order chi connectivity index (χ0) is 15.6. The van der Waals surface area contributed by atoms with Crippen molar-refractivity contribution >= 4 is 28.7 Å². The van der Waals surface area contributed by atoms with Crippen LogP contribution in [0.25, 0.3) is 0 Å². The van der Waals surface area contributed by atoms with Gasteiger partial charge in [0, 0.05) is 24.6 Å². The van der Waals surface area contributed by atoms with E-state index in [2.05, 4.69) is 4.98 Å². The lowest BCUT2D eigenvalue weighted by Crippen LogP contribution is -2.19. The molecule has 0 bridgehead atoms. The number of aromatic carboxylic acids is 1. The standard InChI is InChI=1S/C12H10FN3O4S/c1-15(4-7-5-21-6-14-7)10-3-9(13)8(12(17)18)2-11(10)16(19)20/h2-3,5-6H,4H2,1H3,(H,17,18). The molecule has 7 nitrogen and oxygen atoms in total. The second-order valence-electron chi connectivity index (χ2n) is 4.22. The van der Waals surface area contributed by atoms with Gasteiger partial charge >= 0.3 is 5.97 Å². The molecule has 1 aromatic heterocycles. The Balaban J connectivity index is 2.44. The highest BCUT2D eigenvalue weighted by molar-refractivity contribution is 7.07. The first kappa shape index (κ1) is 14.9. The van der Waals surface area contributed by atoms with Gasteiger partial charge in [-0.15, -0.1) is 11.3 Å². The summed E-state index contributed by atoms with van der Waals surface area (Å²) in [5.41, 5.74) is 1.10. The van der Waals surface area contributed by atoms with Crippen molar-refractivity contribution < 1.29 is 19.2 Å². The predicted octanol–water partition coefficient (Wildman–Crippen LogP) is 2.53. The molecule has 1 aromatic carbocycles. The lowest BCUT2D eigenvalue weighted by atomic mass is 10.1. The molecule has 2 rings (SSSR count). The zero-order valence-electron chi connectivity index (χ0n) is 10.8. The fourth-order valence-electron chi connectivity index (χ4n) is 1.81. The third-order valence-electron chi connectivity index (χ3n) is 2.79. The van der Waals surface area contributed by atoms with Gasteiger partial charge in [-0.3, -0.25) is 10.1 Å². The lowest BCUT2D eigenvalue weighted by Gasteiger charge is -2.18. The van der Waals surface area contributed by atoms with Crippen LogP contribution in [0.1, 0.15) is 16.1 Å². The molecule has 0 radical (unpaired) electrons. The van der Waals surface area contributed by atoms with E-state index in [1.807, 2.05) is 0 Å². The number of hydrogen-bond acceptors (Lipinski definition) is 6. The van der Waals surface area contributed by atoms with Gasteiger partial charge in [0.1, 0.15) is 17.1 Å². The summed E-state index contributed by atoms with van der Waals surface area (Å²) >= 11 is 1.37. The number of nitro benzene ring substituents is 1. The van der Waals surface area contributed by atoms with Crippen LogP contribution in [0.4, 0.5) is 15.8 Å². The van der Waals surface area contributed by atoms with Crippen molar-refractivity contribution in [1.29, 1.82) is 0 Å². The molecule has 0 saturated carbocycles. The van der Waals surface area contributed by atoms with Gasteiger partial charge in [0.05, 0.1) is 22.7 Å². The van der Waals surface area contributed by atoms with Crippen LogP contribution in [0.2, 0.25) is 0 Å². The molecule has 0 atom stereocenters. The second-order valence-corrected chi connectivity index (χ2v) is 4.94. The Hall–Kier alpha value is -2.55. The normalized spacial score (nSPS) is 10.4. The van der Waals surface area contributed by atoms with E-state index in [1.54, 1.807) is 17.9 Å². The summed E-state index contributed by atoms with van der Waals surface area (Å²) in [5, 5.41) is 21.7. The first-order valence-electron chi connectivity index (χ1n) is 5.69. The summed E-state index contributed by atoms with van der Waals surface area (Å²) in [6.07, 6.45) is 0. The molecule has 1 N–H and O–H groups in total. The van der Waals surface area contributed by atoms with Gasteiger partial charge in [-0.25, -0.2) is 14.2 Å². The molecule has 21 heavy (non-hydrogen) atoms. The minimum Gasteiger partial charge on any atom is -0.478 e. The van der Waals surface area contributed by atoms with Crippen LogP contribution in [-0.2, 0) is 6.54 Å². The van der Waals surface area contributed by atoms with E-state index in [1.165, 1.54) is 16.2 Å². The van der Waals surface area contributed by atoms with Gasteiger partial charge in [0.2, 0.25) is 0 Å². The van der Waals surface area contributed by atoms with Gasteiger partial charge in [-0.1, -0.05) is 0 Å². The minimum absolute atomic E-state index is 0.00417. The summed E-state index contributed by atoms with van der Waals surface area (Å²) in [6, 6.07) is 1.58. The molecule has 9 heteroatoms.